The Labute approximate surface area is 152 Å². The van der Waals surface area contributed by atoms with Crippen molar-refractivity contribution in [1.82, 2.24) is 4.31 Å². The third-order valence-corrected chi connectivity index (χ3v) is 6.14. The van der Waals surface area contributed by atoms with Gasteiger partial charge < -0.3 is 9.47 Å². The van der Waals surface area contributed by atoms with Crippen molar-refractivity contribution in [3.63, 3.8) is 0 Å². The van der Waals surface area contributed by atoms with Crippen LogP contribution < -0.4 is 9.47 Å². The first-order valence-corrected chi connectivity index (χ1v) is 9.49. The van der Waals surface area contributed by atoms with Gasteiger partial charge in [-0.3, -0.25) is 0 Å². The predicted molar refractivity (Wildman–Crippen MR) is 96.6 cm³/mol. The summed E-state index contributed by atoms with van der Waals surface area (Å²) in [4.78, 5) is 11.6. The number of para-hydroxylation sites is 1. The van der Waals surface area contributed by atoms with Gasteiger partial charge in [-0.05, 0) is 30.2 Å². The molecule has 0 saturated carbocycles. The fraction of sp³-hybridized carbons (Fsp3) is 0.211. The molecule has 0 atom stereocenters. The number of nitrogens with zero attached hydrogens (tertiary/aromatic N) is 1. The third-order valence-electron chi connectivity index (χ3n) is 4.25. The zero-order chi connectivity index (χ0) is 18.7. The molecule has 7 heteroatoms. The molecule has 0 amide bonds. The molecule has 0 fully saturated rings. The third kappa shape index (κ3) is 3.36. The maximum absolute atomic E-state index is 13.0. The minimum absolute atomic E-state index is 0.139. The van der Waals surface area contributed by atoms with E-state index in [2.05, 4.69) is 6.58 Å². The molecular weight excluding hydrogens is 354 g/mol. The normalized spacial score (nSPS) is 14.3. The average molecular weight is 373 g/mol. The maximum atomic E-state index is 13.0. The Kier molecular flexibility index (Phi) is 5.11. The number of esters is 1. The lowest BCUT2D eigenvalue weighted by molar-refractivity contribution is -0.129. The van der Waals surface area contributed by atoms with Crippen molar-refractivity contribution >= 4 is 16.0 Å². The lowest BCUT2D eigenvalue weighted by Gasteiger charge is -2.29. The Morgan fingerprint density at radius 2 is 1.88 bits per heavy atom. The minimum Gasteiger partial charge on any atom is -0.495 e. The van der Waals surface area contributed by atoms with E-state index >= 15 is 0 Å². The van der Waals surface area contributed by atoms with Crippen molar-refractivity contribution in [2.75, 3.05) is 13.7 Å². The number of benzene rings is 2. The van der Waals surface area contributed by atoms with Gasteiger partial charge in [0.15, 0.2) is 0 Å². The first-order valence-electron chi connectivity index (χ1n) is 8.05. The van der Waals surface area contributed by atoms with Crippen LogP contribution in [0.3, 0.4) is 0 Å². The Morgan fingerprint density at radius 1 is 1.15 bits per heavy atom. The van der Waals surface area contributed by atoms with Gasteiger partial charge >= 0.3 is 5.97 Å². The number of hydrogen-bond acceptors (Lipinski definition) is 5. The molecule has 26 heavy (non-hydrogen) atoms. The van der Waals surface area contributed by atoms with Crippen molar-refractivity contribution in [1.29, 1.82) is 0 Å². The second-order valence-electron chi connectivity index (χ2n) is 5.76. The first-order chi connectivity index (χ1) is 12.5. The number of carbonyl (C=O) groups excluding carboxylic acids is 1. The highest BCUT2D eigenvalue weighted by Gasteiger charge is 2.31. The fourth-order valence-corrected chi connectivity index (χ4v) is 4.55. The molecular formula is C19H19NO5S. The quantitative estimate of drug-likeness (QED) is 0.457. The molecule has 0 aromatic heterocycles. The monoisotopic (exact) mass is 373 g/mol. The van der Waals surface area contributed by atoms with Crippen LogP contribution in [0.1, 0.15) is 11.1 Å². The average Bonchev–Trinajstić information content (AvgIpc) is 2.67. The summed E-state index contributed by atoms with van der Waals surface area (Å²) in [6, 6.07) is 11.8. The largest absolute Gasteiger partial charge is 0.495 e. The zero-order valence-corrected chi connectivity index (χ0v) is 15.2. The van der Waals surface area contributed by atoms with Crippen LogP contribution in [-0.4, -0.2) is 32.3 Å². The van der Waals surface area contributed by atoms with E-state index < -0.39 is 16.0 Å². The lowest BCUT2D eigenvalue weighted by Crippen LogP contribution is -2.36. The number of carbonyl (C=O) groups is 1. The van der Waals surface area contributed by atoms with Gasteiger partial charge in [0, 0.05) is 24.7 Å². The number of sulfonamides is 1. The van der Waals surface area contributed by atoms with E-state index in [9.17, 15) is 13.2 Å². The van der Waals surface area contributed by atoms with Crippen molar-refractivity contribution < 1.29 is 22.7 Å². The van der Waals surface area contributed by atoms with Gasteiger partial charge in [-0.25, -0.2) is 13.2 Å². The second kappa shape index (κ2) is 7.31. The molecule has 2 aromatic carbocycles. The summed E-state index contributed by atoms with van der Waals surface area (Å²) in [5.41, 5.74) is 1.65. The highest BCUT2D eigenvalue weighted by molar-refractivity contribution is 7.89. The standard InChI is InChI=1S/C19H19NO5S/c1-3-19(21)25-16-9-6-7-14-13-20(12-11-15(14)16)26(22,23)18-10-5-4-8-17(18)24-2/h3-10H,1,11-13H2,2H3. The number of hydrogen-bond donors (Lipinski definition) is 0. The number of rotatable bonds is 5. The molecule has 0 aliphatic carbocycles. The van der Waals surface area contributed by atoms with Gasteiger partial charge in [0.2, 0.25) is 10.0 Å². The van der Waals surface area contributed by atoms with Gasteiger partial charge in [-0.1, -0.05) is 30.8 Å². The summed E-state index contributed by atoms with van der Waals surface area (Å²) in [6.07, 6.45) is 1.55. The van der Waals surface area contributed by atoms with E-state index in [1.54, 1.807) is 30.3 Å². The molecule has 1 heterocycles. The van der Waals surface area contributed by atoms with Gasteiger partial charge in [0.25, 0.3) is 0 Å². The summed E-state index contributed by atoms with van der Waals surface area (Å²) in [6.45, 7) is 3.88. The van der Waals surface area contributed by atoms with Crippen LogP contribution >= 0.6 is 0 Å². The SMILES string of the molecule is C=CC(=O)Oc1cccc2c1CCN(S(=O)(=O)c1ccccc1OC)C2. The molecule has 6 nitrogen and oxygen atoms in total. The molecule has 1 aliphatic rings. The first kappa shape index (κ1) is 18.2. The number of ether oxygens (including phenoxy) is 2. The smallest absolute Gasteiger partial charge is 0.335 e. The topological polar surface area (TPSA) is 72.9 Å². The van der Waals surface area contributed by atoms with Gasteiger partial charge in [-0.2, -0.15) is 4.31 Å². The Hall–Kier alpha value is -2.64. The van der Waals surface area contributed by atoms with Crippen LogP contribution in [0.15, 0.2) is 60.0 Å². The van der Waals surface area contributed by atoms with Crippen molar-refractivity contribution in [2.24, 2.45) is 0 Å². The van der Waals surface area contributed by atoms with E-state index in [0.717, 1.165) is 17.2 Å². The summed E-state index contributed by atoms with van der Waals surface area (Å²) in [7, 11) is -2.26. The molecule has 3 rings (SSSR count). The van der Waals surface area contributed by atoms with Crippen LogP contribution in [0.2, 0.25) is 0 Å². The Bertz CT molecular complexity index is 952. The molecule has 136 valence electrons. The molecule has 2 aromatic rings. The van der Waals surface area contributed by atoms with Gasteiger partial charge in [-0.15, -0.1) is 0 Å². The molecule has 0 unspecified atom stereocenters. The summed E-state index contributed by atoms with van der Waals surface area (Å²) < 4.78 is 37.9. The fourth-order valence-electron chi connectivity index (χ4n) is 2.97. The van der Waals surface area contributed by atoms with Crippen LogP contribution in [0.5, 0.6) is 11.5 Å². The predicted octanol–water partition coefficient (Wildman–Crippen LogP) is 2.53. The molecule has 0 bridgehead atoms. The summed E-state index contributed by atoms with van der Waals surface area (Å²) in [5.74, 6) is 0.219. The van der Waals surface area contributed by atoms with Gasteiger partial charge in [0.1, 0.15) is 16.4 Å². The van der Waals surface area contributed by atoms with E-state index in [1.807, 2.05) is 6.07 Å². The van der Waals surface area contributed by atoms with Crippen LogP contribution in [0.25, 0.3) is 0 Å². The Balaban J connectivity index is 1.92. The van der Waals surface area contributed by atoms with E-state index in [1.165, 1.54) is 17.5 Å². The summed E-state index contributed by atoms with van der Waals surface area (Å²) in [5, 5.41) is 0. The van der Waals surface area contributed by atoms with Crippen molar-refractivity contribution in [2.45, 2.75) is 17.9 Å². The lowest BCUT2D eigenvalue weighted by atomic mass is 10.0. The molecule has 0 N–H and O–H groups in total. The highest BCUT2D eigenvalue weighted by Crippen LogP contribution is 2.33. The van der Waals surface area contributed by atoms with E-state index in [-0.39, 0.29) is 18.0 Å². The molecule has 1 aliphatic heterocycles. The van der Waals surface area contributed by atoms with Gasteiger partial charge in [0.05, 0.1) is 7.11 Å². The minimum atomic E-state index is -3.70. The highest BCUT2D eigenvalue weighted by atomic mass is 32.2. The van der Waals surface area contributed by atoms with Crippen molar-refractivity contribution in [3.8, 4) is 11.5 Å². The Morgan fingerprint density at radius 3 is 2.62 bits per heavy atom. The number of fused-ring (bicyclic) bond motifs is 1. The zero-order valence-electron chi connectivity index (χ0n) is 14.3. The molecule has 0 saturated heterocycles. The summed E-state index contributed by atoms with van der Waals surface area (Å²) >= 11 is 0. The second-order valence-corrected chi connectivity index (χ2v) is 7.66. The molecule has 0 spiro atoms. The van der Waals surface area contributed by atoms with Crippen molar-refractivity contribution in [3.05, 3.63) is 66.2 Å². The number of methoxy groups -OCH3 is 1. The van der Waals surface area contributed by atoms with Crippen LogP contribution in [-0.2, 0) is 27.8 Å². The van der Waals surface area contributed by atoms with E-state index in [0.29, 0.717) is 17.9 Å². The maximum Gasteiger partial charge on any atom is 0.335 e. The van der Waals surface area contributed by atoms with Crippen LogP contribution in [0.4, 0.5) is 0 Å². The van der Waals surface area contributed by atoms with E-state index in [4.69, 9.17) is 9.47 Å². The van der Waals surface area contributed by atoms with Crippen LogP contribution in [0, 0.1) is 0 Å². The molecule has 0 radical (unpaired) electrons.